The average Bonchev–Trinajstić information content (AvgIpc) is 2.45. The zero-order valence-electron chi connectivity index (χ0n) is 12.0. The number of ether oxygens (including phenoxy) is 1. The number of rotatable bonds is 4. The Morgan fingerprint density at radius 3 is 2.50 bits per heavy atom. The molecule has 1 aromatic rings. The van der Waals surface area contributed by atoms with E-state index >= 15 is 0 Å². The van der Waals surface area contributed by atoms with Gasteiger partial charge in [0, 0.05) is 26.2 Å². The van der Waals surface area contributed by atoms with Crippen LogP contribution in [0.25, 0.3) is 0 Å². The van der Waals surface area contributed by atoms with Crippen molar-refractivity contribution in [2.45, 2.75) is 20.0 Å². The number of hydrogen-bond acceptors (Lipinski definition) is 3. The highest BCUT2D eigenvalue weighted by Gasteiger charge is 2.22. The fourth-order valence-corrected chi connectivity index (χ4v) is 2.49. The van der Waals surface area contributed by atoms with Gasteiger partial charge < -0.3 is 14.5 Å². The molecule has 1 heterocycles. The topological polar surface area (TPSA) is 32.8 Å². The second kappa shape index (κ2) is 6.95. The van der Waals surface area contributed by atoms with Gasteiger partial charge in [-0.15, -0.1) is 0 Å². The number of nitrogens with zero attached hydrogens (tertiary/aromatic N) is 2. The van der Waals surface area contributed by atoms with Crippen LogP contribution in [0.4, 0.5) is 5.69 Å². The number of para-hydroxylation sites is 1. The first-order valence-corrected chi connectivity index (χ1v) is 7.34. The molecular formula is C15H21ClN2O2. The lowest BCUT2D eigenvalue weighted by Crippen LogP contribution is -2.50. The molecule has 4 nitrogen and oxygen atoms in total. The molecule has 0 aliphatic carbocycles. The molecule has 20 heavy (non-hydrogen) atoms. The molecule has 1 aromatic carbocycles. The Bertz CT molecular complexity index is 457. The Morgan fingerprint density at radius 1 is 1.25 bits per heavy atom. The molecule has 1 aliphatic heterocycles. The van der Waals surface area contributed by atoms with Gasteiger partial charge in [0.2, 0.25) is 5.91 Å². The van der Waals surface area contributed by atoms with Crippen LogP contribution in [0.1, 0.15) is 13.8 Å². The molecule has 2 rings (SSSR count). The van der Waals surface area contributed by atoms with Gasteiger partial charge in [0.05, 0.1) is 16.8 Å². The van der Waals surface area contributed by atoms with Crippen LogP contribution in [0.3, 0.4) is 0 Å². The molecule has 110 valence electrons. The van der Waals surface area contributed by atoms with E-state index in [0.717, 1.165) is 23.8 Å². The zero-order valence-corrected chi connectivity index (χ0v) is 12.8. The normalized spacial score (nSPS) is 15.8. The van der Waals surface area contributed by atoms with E-state index in [1.807, 2.05) is 43.0 Å². The van der Waals surface area contributed by atoms with Gasteiger partial charge in [0.15, 0.2) is 0 Å². The first kappa shape index (κ1) is 15.1. The van der Waals surface area contributed by atoms with Crippen molar-refractivity contribution in [2.24, 2.45) is 0 Å². The van der Waals surface area contributed by atoms with Crippen LogP contribution in [-0.2, 0) is 9.53 Å². The third-order valence-electron chi connectivity index (χ3n) is 3.37. The van der Waals surface area contributed by atoms with Gasteiger partial charge >= 0.3 is 0 Å². The average molecular weight is 297 g/mol. The molecule has 0 radical (unpaired) electrons. The summed E-state index contributed by atoms with van der Waals surface area (Å²) in [4.78, 5) is 16.0. The molecule has 0 atom stereocenters. The molecule has 0 N–H and O–H groups in total. The maximum atomic E-state index is 12.0. The number of benzene rings is 1. The van der Waals surface area contributed by atoms with Crippen molar-refractivity contribution in [3.63, 3.8) is 0 Å². The summed E-state index contributed by atoms with van der Waals surface area (Å²) >= 11 is 6.20. The molecular weight excluding hydrogens is 276 g/mol. The van der Waals surface area contributed by atoms with Crippen molar-refractivity contribution in [1.29, 1.82) is 0 Å². The standard InChI is InChI=1S/C15H21ClN2O2/c1-12(2)20-11-15(19)18-9-7-17(8-10-18)14-6-4-3-5-13(14)16/h3-6,12H,7-11H2,1-2H3. The van der Waals surface area contributed by atoms with E-state index in [2.05, 4.69) is 4.90 Å². The summed E-state index contributed by atoms with van der Waals surface area (Å²) < 4.78 is 5.36. The maximum absolute atomic E-state index is 12.0. The van der Waals surface area contributed by atoms with Gasteiger partial charge in [-0.3, -0.25) is 4.79 Å². The minimum Gasteiger partial charge on any atom is -0.369 e. The van der Waals surface area contributed by atoms with Crippen LogP contribution in [0.2, 0.25) is 5.02 Å². The Labute approximate surface area is 125 Å². The van der Waals surface area contributed by atoms with Gasteiger partial charge in [-0.05, 0) is 26.0 Å². The summed E-state index contributed by atoms with van der Waals surface area (Å²) in [5, 5.41) is 0.760. The lowest BCUT2D eigenvalue weighted by atomic mass is 10.2. The quantitative estimate of drug-likeness (QED) is 0.855. The van der Waals surface area contributed by atoms with Gasteiger partial charge in [-0.1, -0.05) is 23.7 Å². The number of amides is 1. The predicted octanol–water partition coefficient (Wildman–Crippen LogP) is 2.41. The van der Waals surface area contributed by atoms with E-state index in [4.69, 9.17) is 16.3 Å². The predicted molar refractivity (Wildman–Crippen MR) is 81.3 cm³/mol. The van der Waals surface area contributed by atoms with Crippen LogP contribution < -0.4 is 4.90 Å². The van der Waals surface area contributed by atoms with Gasteiger partial charge in [0.1, 0.15) is 6.61 Å². The summed E-state index contributed by atoms with van der Waals surface area (Å²) in [6.07, 6.45) is 0.0864. The van der Waals surface area contributed by atoms with E-state index in [1.165, 1.54) is 0 Å². The number of anilines is 1. The summed E-state index contributed by atoms with van der Waals surface area (Å²) in [6.45, 7) is 7.07. The van der Waals surface area contributed by atoms with E-state index in [9.17, 15) is 4.79 Å². The van der Waals surface area contributed by atoms with E-state index in [-0.39, 0.29) is 18.6 Å². The number of carbonyl (C=O) groups excluding carboxylic acids is 1. The molecule has 0 saturated carbocycles. The summed E-state index contributed by atoms with van der Waals surface area (Å²) in [6, 6.07) is 7.82. The minimum absolute atomic E-state index is 0.0671. The van der Waals surface area contributed by atoms with Crippen molar-refractivity contribution in [1.82, 2.24) is 4.90 Å². The third kappa shape index (κ3) is 3.87. The molecule has 1 aliphatic rings. The Morgan fingerprint density at radius 2 is 1.90 bits per heavy atom. The summed E-state index contributed by atoms with van der Waals surface area (Å²) in [7, 11) is 0. The first-order chi connectivity index (χ1) is 9.58. The molecule has 5 heteroatoms. The molecule has 1 saturated heterocycles. The van der Waals surface area contributed by atoms with Crippen molar-refractivity contribution >= 4 is 23.2 Å². The number of carbonyl (C=O) groups is 1. The highest BCUT2D eigenvalue weighted by Crippen LogP contribution is 2.25. The molecule has 1 amide bonds. The van der Waals surface area contributed by atoms with E-state index < -0.39 is 0 Å². The zero-order chi connectivity index (χ0) is 14.5. The Balaban J connectivity index is 1.86. The van der Waals surface area contributed by atoms with Gasteiger partial charge in [0.25, 0.3) is 0 Å². The van der Waals surface area contributed by atoms with Crippen LogP contribution in [0.15, 0.2) is 24.3 Å². The fourth-order valence-electron chi connectivity index (χ4n) is 2.23. The number of hydrogen-bond donors (Lipinski definition) is 0. The van der Waals surface area contributed by atoms with Crippen LogP contribution in [0.5, 0.6) is 0 Å². The van der Waals surface area contributed by atoms with Gasteiger partial charge in [-0.25, -0.2) is 0 Å². The second-order valence-corrected chi connectivity index (χ2v) is 5.59. The largest absolute Gasteiger partial charge is 0.369 e. The highest BCUT2D eigenvalue weighted by molar-refractivity contribution is 6.33. The minimum atomic E-state index is 0.0671. The second-order valence-electron chi connectivity index (χ2n) is 5.18. The smallest absolute Gasteiger partial charge is 0.248 e. The SMILES string of the molecule is CC(C)OCC(=O)N1CCN(c2ccccc2Cl)CC1. The van der Waals surface area contributed by atoms with Crippen LogP contribution >= 0.6 is 11.6 Å². The van der Waals surface area contributed by atoms with E-state index in [0.29, 0.717) is 13.1 Å². The lowest BCUT2D eigenvalue weighted by molar-refractivity contribution is -0.137. The van der Waals surface area contributed by atoms with Crippen molar-refractivity contribution < 1.29 is 9.53 Å². The van der Waals surface area contributed by atoms with Crippen molar-refractivity contribution in [2.75, 3.05) is 37.7 Å². The Hall–Kier alpha value is -1.26. The fraction of sp³-hybridized carbons (Fsp3) is 0.533. The molecule has 0 bridgehead atoms. The summed E-state index contributed by atoms with van der Waals surface area (Å²) in [5.41, 5.74) is 1.04. The van der Waals surface area contributed by atoms with Crippen LogP contribution in [-0.4, -0.2) is 49.7 Å². The van der Waals surface area contributed by atoms with Crippen molar-refractivity contribution in [3.8, 4) is 0 Å². The first-order valence-electron chi connectivity index (χ1n) is 6.97. The Kier molecular flexibility index (Phi) is 5.26. The monoisotopic (exact) mass is 296 g/mol. The number of piperazine rings is 1. The van der Waals surface area contributed by atoms with Crippen LogP contribution in [0, 0.1) is 0 Å². The molecule has 0 unspecified atom stereocenters. The molecule has 0 spiro atoms. The highest BCUT2D eigenvalue weighted by atomic mass is 35.5. The maximum Gasteiger partial charge on any atom is 0.248 e. The lowest BCUT2D eigenvalue weighted by Gasteiger charge is -2.36. The third-order valence-corrected chi connectivity index (χ3v) is 3.69. The van der Waals surface area contributed by atoms with Crippen molar-refractivity contribution in [3.05, 3.63) is 29.3 Å². The summed E-state index contributed by atoms with van der Waals surface area (Å²) in [5.74, 6) is 0.0671. The number of halogens is 1. The van der Waals surface area contributed by atoms with Gasteiger partial charge in [-0.2, -0.15) is 0 Å². The van der Waals surface area contributed by atoms with E-state index in [1.54, 1.807) is 0 Å². The molecule has 0 aromatic heterocycles. The molecule has 1 fully saturated rings.